The fourth-order valence-electron chi connectivity index (χ4n) is 3.84. The van der Waals surface area contributed by atoms with Crippen LogP contribution in [0.2, 0.25) is 5.02 Å². The first kappa shape index (κ1) is 23.5. The molecule has 0 spiro atoms. The van der Waals surface area contributed by atoms with Gasteiger partial charge in [-0.15, -0.1) is 0 Å². The molecule has 5 aromatic rings. The van der Waals surface area contributed by atoms with Gasteiger partial charge in [0.15, 0.2) is 20.5 Å². The molecule has 0 unspecified atom stereocenters. The molecule has 0 amide bonds. The second kappa shape index (κ2) is 11.0. The van der Waals surface area contributed by atoms with Gasteiger partial charge in [-0.2, -0.15) is 0 Å². The van der Waals surface area contributed by atoms with Crippen LogP contribution in [0.4, 0.5) is 0 Å². The Morgan fingerprint density at radius 2 is 1.09 bits per heavy atom. The van der Waals surface area contributed by atoms with Gasteiger partial charge >= 0.3 is 0 Å². The van der Waals surface area contributed by atoms with E-state index in [1.54, 1.807) is 17.8 Å². The van der Waals surface area contributed by atoms with Crippen molar-refractivity contribution >= 4 is 40.0 Å². The van der Waals surface area contributed by atoms with Crippen LogP contribution in [0.3, 0.4) is 0 Å². The molecular weight excluding hydrogens is 488 g/mol. The molecule has 0 N–H and O–H groups in total. The Morgan fingerprint density at radius 1 is 0.571 bits per heavy atom. The molecule has 0 saturated heterocycles. The maximum Gasteiger partial charge on any atom is 0.195 e. The highest BCUT2D eigenvalue weighted by molar-refractivity contribution is 7.99. The predicted molar refractivity (Wildman–Crippen MR) is 147 cm³/mol. The number of rotatable bonds is 7. The lowest BCUT2D eigenvalue weighted by atomic mass is 10.0. The summed E-state index contributed by atoms with van der Waals surface area (Å²) in [6.45, 7) is 0. The van der Waals surface area contributed by atoms with E-state index in [0.29, 0.717) is 16.1 Å². The van der Waals surface area contributed by atoms with Crippen molar-refractivity contribution in [2.24, 2.45) is 0 Å². The molecule has 5 rings (SSSR count). The molecular formula is C31H22ClOS2+. The average molecular weight is 510 g/mol. The second-order valence-electron chi connectivity index (χ2n) is 7.81. The number of carbonyl (C=O) groups is 1. The first-order valence-electron chi connectivity index (χ1n) is 11.2. The van der Waals surface area contributed by atoms with Gasteiger partial charge in [-0.05, 0) is 60.7 Å². The quantitative estimate of drug-likeness (QED) is 0.161. The van der Waals surface area contributed by atoms with E-state index in [1.807, 2.05) is 42.5 Å². The molecule has 35 heavy (non-hydrogen) atoms. The summed E-state index contributed by atoms with van der Waals surface area (Å²) in [4.78, 5) is 19.0. The fourth-order valence-corrected chi connectivity index (χ4v) is 7.21. The van der Waals surface area contributed by atoms with E-state index in [0.717, 1.165) is 9.79 Å². The lowest BCUT2D eigenvalue weighted by Gasteiger charge is -2.11. The smallest absolute Gasteiger partial charge is 0.195 e. The minimum atomic E-state index is -0.194. The van der Waals surface area contributed by atoms with Crippen molar-refractivity contribution in [1.29, 1.82) is 0 Å². The Kier molecular flexibility index (Phi) is 7.39. The minimum absolute atomic E-state index is 0.0648. The van der Waals surface area contributed by atoms with Crippen LogP contribution in [0.5, 0.6) is 0 Å². The number of ketones is 1. The maximum absolute atomic E-state index is 13.2. The van der Waals surface area contributed by atoms with E-state index in [-0.39, 0.29) is 16.7 Å². The standard InChI is InChI=1S/C31H22ClOS2/c32-28-17-10-18-29(30(28)31(33)23-11-4-1-5-12-23)34-24-19-21-27(22-20-24)35(25-13-6-2-7-14-25)26-15-8-3-9-16-26/h1-22H/q+1. The first-order chi connectivity index (χ1) is 17.2. The lowest BCUT2D eigenvalue weighted by Crippen LogP contribution is -2.05. The maximum atomic E-state index is 13.2. The molecule has 0 aromatic heterocycles. The first-order valence-corrected chi connectivity index (χ1v) is 13.6. The van der Waals surface area contributed by atoms with E-state index in [9.17, 15) is 4.79 Å². The zero-order chi connectivity index (χ0) is 24.0. The molecule has 0 aliphatic carbocycles. The van der Waals surface area contributed by atoms with Gasteiger partial charge in [-0.3, -0.25) is 4.79 Å². The third-order valence-electron chi connectivity index (χ3n) is 5.48. The van der Waals surface area contributed by atoms with Crippen LogP contribution >= 0.6 is 23.4 Å². The van der Waals surface area contributed by atoms with Gasteiger partial charge in [0.05, 0.1) is 21.5 Å². The van der Waals surface area contributed by atoms with Crippen molar-refractivity contribution in [2.75, 3.05) is 0 Å². The van der Waals surface area contributed by atoms with Crippen molar-refractivity contribution in [3.05, 3.63) is 150 Å². The fraction of sp³-hybridized carbons (Fsp3) is 0. The Labute approximate surface area is 218 Å². The number of halogens is 1. The normalized spacial score (nSPS) is 10.9. The van der Waals surface area contributed by atoms with Crippen LogP contribution in [0.15, 0.2) is 158 Å². The third kappa shape index (κ3) is 5.38. The van der Waals surface area contributed by atoms with Gasteiger partial charge in [-0.1, -0.05) is 96.2 Å². The highest BCUT2D eigenvalue weighted by atomic mass is 35.5. The zero-order valence-electron chi connectivity index (χ0n) is 18.8. The van der Waals surface area contributed by atoms with Gasteiger partial charge in [0.2, 0.25) is 0 Å². The lowest BCUT2D eigenvalue weighted by molar-refractivity contribution is 0.103. The number of hydrogen-bond acceptors (Lipinski definition) is 2. The topological polar surface area (TPSA) is 17.1 Å². The van der Waals surface area contributed by atoms with Crippen LogP contribution in [0.25, 0.3) is 0 Å². The van der Waals surface area contributed by atoms with E-state index in [2.05, 4.69) is 84.9 Å². The summed E-state index contributed by atoms with van der Waals surface area (Å²) in [6.07, 6.45) is 0. The van der Waals surface area contributed by atoms with Crippen molar-refractivity contribution in [3.8, 4) is 0 Å². The van der Waals surface area contributed by atoms with Crippen LogP contribution < -0.4 is 0 Å². The van der Waals surface area contributed by atoms with Crippen molar-refractivity contribution in [2.45, 2.75) is 24.5 Å². The van der Waals surface area contributed by atoms with E-state index in [4.69, 9.17) is 11.6 Å². The van der Waals surface area contributed by atoms with Gasteiger partial charge in [0, 0.05) is 15.4 Å². The molecule has 5 aromatic carbocycles. The highest BCUT2D eigenvalue weighted by Gasteiger charge is 2.28. The molecule has 0 aliphatic heterocycles. The monoisotopic (exact) mass is 509 g/mol. The Bertz CT molecular complexity index is 1380. The molecule has 4 heteroatoms. The van der Waals surface area contributed by atoms with E-state index < -0.39 is 0 Å². The van der Waals surface area contributed by atoms with Crippen LogP contribution in [0.1, 0.15) is 15.9 Å². The summed E-state index contributed by atoms with van der Waals surface area (Å²) in [5.41, 5.74) is 1.18. The van der Waals surface area contributed by atoms with Gasteiger partial charge in [-0.25, -0.2) is 0 Å². The molecule has 0 atom stereocenters. The molecule has 1 nitrogen and oxygen atoms in total. The number of hydrogen-bond donors (Lipinski definition) is 0. The predicted octanol–water partition coefficient (Wildman–Crippen LogP) is 8.82. The highest BCUT2D eigenvalue weighted by Crippen LogP contribution is 2.37. The van der Waals surface area contributed by atoms with E-state index in [1.165, 1.54) is 14.7 Å². The Hall–Kier alpha value is -3.24. The molecule has 0 saturated carbocycles. The molecule has 0 bridgehead atoms. The third-order valence-corrected chi connectivity index (χ3v) is 9.10. The van der Waals surface area contributed by atoms with Crippen molar-refractivity contribution in [3.63, 3.8) is 0 Å². The SMILES string of the molecule is O=C(c1ccccc1)c1c(Cl)cccc1Sc1ccc([S+](c2ccccc2)c2ccccc2)cc1. The van der Waals surface area contributed by atoms with Gasteiger partial charge in [0.1, 0.15) is 0 Å². The summed E-state index contributed by atoms with van der Waals surface area (Å²) in [6, 6.07) is 44.7. The molecule has 0 fully saturated rings. The van der Waals surface area contributed by atoms with Crippen LogP contribution in [-0.2, 0) is 10.9 Å². The van der Waals surface area contributed by atoms with Crippen LogP contribution in [0, 0.1) is 0 Å². The zero-order valence-corrected chi connectivity index (χ0v) is 21.2. The summed E-state index contributed by atoms with van der Waals surface area (Å²) in [5.74, 6) is -0.0648. The second-order valence-corrected chi connectivity index (χ2v) is 11.4. The summed E-state index contributed by atoms with van der Waals surface area (Å²) in [5, 5.41) is 0.468. The Balaban J connectivity index is 1.46. The van der Waals surface area contributed by atoms with Crippen LogP contribution in [-0.4, -0.2) is 5.78 Å². The summed E-state index contributed by atoms with van der Waals surface area (Å²) in [7, 11) is -0.194. The average Bonchev–Trinajstić information content (AvgIpc) is 2.91. The summed E-state index contributed by atoms with van der Waals surface area (Å²) < 4.78 is 0. The molecule has 0 radical (unpaired) electrons. The minimum Gasteiger partial charge on any atom is -0.289 e. The largest absolute Gasteiger partial charge is 0.289 e. The number of benzene rings is 5. The number of carbonyl (C=O) groups excluding carboxylic acids is 1. The molecule has 170 valence electrons. The Morgan fingerprint density at radius 3 is 1.66 bits per heavy atom. The molecule has 0 aliphatic rings. The van der Waals surface area contributed by atoms with Gasteiger partial charge < -0.3 is 0 Å². The van der Waals surface area contributed by atoms with Crippen molar-refractivity contribution in [1.82, 2.24) is 0 Å². The van der Waals surface area contributed by atoms with Gasteiger partial charge in [0.25, 0.3) is 0 Å². The van der Waals surface area contributed by atoms with E-state index >= 15 is 0 Å². The summed E-state index contributed by atoms with van der Waals surface area (Å²) >= 11 is 8.07. The van der Waals surface area contributed by atoms with Crippen molar-refractivity contribution < 1.29 is 4.79 Å². The molecule has 0 heterocycles.